The average Bonchev–Trinajstić information content (AvgIpc) is 3.14. The van der Waals surface area contributed by atoms with Crippen molar-refractivity contribution in [2.24, 2.45) is 5.73 Å². The molecule has 8 nitrogen and oxygen atoms in total. The maximum atomic E-state index is 13.8. The number of rotatable bonds is 5. The molecule has 12 heteroatoms. The van der Waals surface area contributed by atoms with E-state index < -0.39 is 35.2 Å². The van der Waals surface area contributed by atoms with E-state index in [2.05, 4.69) is 15.4 Å². The average molecular weight is 496 g/mol. The maximum absolute atomic E-state index is 13.8. The van der Waals surface area contributed by atoms with E-state index in [1.165, 1.54) is 19.1 Å². The number of aromatic nitrogens is 3. The second-order valence-corrected chi connectivity index (χ2v) is 7.77. The number of carbonyl (C=O) groups excluding carboxylic acids is 2. The van der Waals surface area contributed by atoms with Crippen LogP contribution in [0.3, 0.4) is 0 Å². The Hall–Kier alpha value is -4.79. The number of nitriles is 1. The van der Waals surface area contributed by atoms with Gasteiger partial charge in [-0.15, -0.1) is 0 Å². The second kappa shape index (κ2) is 9.10. The number of primary amides is 1. The Labute approximate surface area is 201 Å². The Morgan fingerprint density at radius 3 is 2.56 bits per heavy atom. The highest BCUT2D eigenvalue weighted by atomic mass is 19.4. The molecule has 0 bridgehead atoms. The summed E-state index contributed by atoms with van der Waals surface area (Å²) in [7, 11) is 0. The van der Waals surface area contributed by atoms with Gasteiger partial charge in [0.25, 0.3) is 5.91 Å². The van der Waals surface area contributed by atoms with Crippen LogP contribution >= 0.6 is 0 Å². The van der Waals surface area contributed by atoms with Crippen molar-refractivity contribution in [3.8, 4) is 6.07 Å². The fourth-order valence-corrected chi connectivity index (χ4v) is 3.67. The number of hydrogen-bond donors (Lipinski definition) is 2. The summed E-state index contributed by atoms with van der Waals surface area (Å²) in [6, 6.07) is 12.6. The number of hydrogen-bond acceptors (Lipinski definition) is 5. The summed E-state index contributed by atoms with van der Waals surface area (Å²) in [6.45, 7) is 1.02. The number of alkyl halides is 3. The van der Waals surface area contributed by atoms with E-state index in [1.807, 2.05) is 0 Å². The van der Waals surface area contributed by atoms with Crippen LogP contribution in [0.5, 0.6) is 0 Å². The number of benzene rings is 2. The zero-order valence-corrected chi connectivity index (χ0v) is 18.5. The molecular formula is C24H16F4N6O2. The minimum Gasteiger partial charge on any atom is -0.366 e. The molecule has 4 aromatic rings. The van der Waals surface area contributed by atoms with E-state index in [0.29, 0.717) is 5.39 Å². The summed E-state index contributed by atoms with van der Waals surface area (Å²) >= 11 is 0. The van der Waals surface area contributed by atoms with Gasteiger partial charge in [0.1, 0.15) is 11.5 Å². The predicted molar refractivity (Wildman–Crippen MR) is 120 cm³/mol. The van der Waals surface area contributed by atoms with Gasteiger partial charge < -0.3 is 11.1 Å². The van der Waals surface area contributed by atoms with Crippen molar-refractivity contribution in [3.05, 3.63) is 88.1 Å². The molecule has 0 atom stereocenters. The van der Waals surface area contributed by atoms with Gasteiger partial charge >= 0.3 is 6.18 Å². The molecule has 0 spiro atoms. The Morgan fingerprint density at radius 2 is 1.89 bits per heavy atom. The van der Waals surface area contributed by atoms with Gasteiger partial charge in [-0.3, -0.25) is 14.3 Å². The predicted octanol–water partition coefficient (Wildman–Crippen LogP) is 4.17. The van der Waals surface area contributed by atoms with Gasteiger partial charge in [0.2, 0.25) is 5.91 Å². The largest absolute Gasteiger partial charge is 0.437 e. The molecule has 0 aliphatic rings. The molecule has 0 radical (unpaired) electrons. The molecule has 0 fully saturated rings. The molecular weight excluding hydrogens is 480 g/mol. The lowest BCUT2D eigenvalue weighted by Gasteiger charge is -2.11. The van der Waals surface area contributed by atoms with Crippen LogP contribution < -0.4 is 11.1 Å². The third-order valence-corrected chi connectivity index (χ3v) is 5.44. The summed E-state index contributed by atoms with van der Waals surface area (Å²) in [5, 5.41) is 15.4. The first-order chi connectivity index (χ1) is 17.0. The van der Waals surface area contributed by atoms with Crippen molar-refractivity contribution in [1.82, 2.24) is 14.8 Å². The monoisotopic (exact) mass is 496 g/mol. The van der Waals surface area contributed by atoms with Crippen LogP contribution in [0.4, 0.5) is 23.2 Å². The summed E-state index contributed by atoms with van der Waals surface area (Å²) < 4.78 is 55.8. The summed E-state index contributed by atoms with van der Waals surface area (Å²) in [6.07, 6.45) is -4.94. The Kier molecular flexibility index (Phi) is 6.15. The van der Waals surface area contributed by atoms with E-state index in [4.69, 9.17) is 5.73 Å². The highest BCUT2D eigenvalue weighted by molar-refractivity contribution is 6.10. The van der Waals surface area contributed by atoms with Crippen molar-refractivity contribution < 1.29 is 27.2 Å². The number of nitrogens with one attached hydrogen (secondary N) is 1. The first-order valence-corrected chi connectivity index (χ1v) is 10.3. The van der Waals surface area contributed by atoms with Gasteiger partial charge in [-0.05, 0) is 36.8 Å². The Bertz CT molecular complexity index is 1570. The van der Waals surface area contributed by atoms with Crippen LogP contribution in [0.1, 0.15) is 43.4 Å². The smallest absolute Gasteiger partial charge is 0.366 e. The zero-order chi connectivity index (χ0) is 26.2. The Morgan fingerprint density at radius 1 is 1.17 bits per heavy atom. The van der Waals surface area contributed by atoms with E-state index in [0.717, 1.165) is 22.9 Å². The first kappa shape index (κ1) is 24.3. The third kappa shape index (κ3) is 4.58. The van der Waals surface area contributed by atoms with Crippen molar-refractivity contribution in [2.45, 2.75) is 19.6 Å². The lowest BCUT2D eigenvalue weighted by molar-refractivity contribution is -0.140. The molecule has 2 aromatic carbocycles. The molecule has 36 heavy (non-hydrogen) atoms. The van der Waals surface area contributed by atoms with Crippen LogP contribution in [0.25, 0.3) is 10.9 Å². The van der Waals surface area contributed by atoms with Gasteiger partial charge in [0.05, 0.1) is 40.6 Å². The second-order valence-electron chi connectivity index (χ2n) is 7.77. The van der Waals surface area contributed by atoms with Gasteiger partial charge in [-0.25, -0.2) is 9.37 Å². The molecule has 4 rings (SSSR count). The van der Waals surface area contributed by atoms with Crippen molar-refractivity contribution in [3.63, 3.8) is 0 Å². The van der Waals surface area contributed by atoms with Gasteiger partial charge in [-0.1, -0.05) is 24.3 Å². The van der Waals surface area contributed by atoms with Gasteiger partial charge in [-0.2, -0.15) is 23.5 Å². The Balaban J connectivity index is 1.75. The van der Waals surface area contributed by atoms with Crippen molar-refractivity contribution in [2.75, 3.05) is 5.32 Å². The number of anilines is 1. The molecule has 0 unspecified atom stereocenters. The molecule has 182 valence electrons. The van der Waals surface area contributed by atoms with Crippen molar-refractivity contribution in [1.29, 1.82) is 5.26 Å². The molecule has 0 saturated heterocycles. The number of nitrogens with zero attached hydrogens (tertiary/aromatic N) is 4. The highest BCUT2D eigenvalue weighted by Gasteiger charge is 2.39. The van der Waals surface area contributed by atoms with Crippen LogP contribution in [0.2, 0.25) is 0 Å². The van der Waals surface area contributed by atoms with E-state index in [1.54, 1.807) is 24.3 Å². The molecule has 2 heterocycles. The quantitative estimate of drug-likeness (QED) is 0.401. The van der Waals surface area contributed by atoms with Crippen LogP contribution in [-0.2, 0) is 12.7 Å². The van der Waals surface area contributed by atoms with E-state index in [-0.39, 0.29) is 40.1 Å². The summed E-state index contributed by atoms with van der Waals surface area (Å²) in [4.78, 5) is 29.0. The molecule has 3 N–H and O–H groups in total. The van der Waals surface area contributed by atoms with E-state index in [9.17, 15) is 32.4 Å². The van der Waals surface area contributed by atoms with Crippen LogP contribution in [0, 0.1) is 24.1 Å². The highest BCUT2D eigenvalue weighted by Crippen LogP contribution is 2.36. The molecule has 0 aliphatic heterocycles. The minimum absolute atomic E-state index is 0.0189. The molecule has 0 saturated carbocycles. The fraction of sp³-hybridized carbons (Fsp3) is 0.125. The number of fused-ring (bicyclic) bond motifs is 1. The zero-order valence-electron chi connectivity index (χ0n) is 18.5. The number of carbonyl (C=O) groups is 2. The topological polar surface area (TPSA) is 127 Å². The lowest BCUT2D eigenvalue weighted by atomic mass is 10.1. The number of para-hydroxylation sites is 1. The van der Waals surface area contributed by atoms with Crippen LogP contribution in [-0.4, -0.2) is 26.6 Å². The van der Waals surface area contributed by atoms with Crippen molar-refractivity contribution >= 4 is 28.4 Å². The lowest BCUT2D eigenvalue weighted by Crippen LogP contribution is -2.19. The number of amides is 2. The standard InChI is InChI=1S/C24H16F4N6O2/c1-12-20(32-23(36)19-9-17(22(30)35)16-4-2-3-5-18(16)31-19)21(24(26,27)28)33-34(12)11-13-6-7-15(25)8-14(13)10-29/h2-9H,11H2,1H3,(H2,30,35)(H,32,36). The van der Waals surface area contributed by atoms with E-state index >= 15 is 0 Å². The van der Waals surface area contributed by atoms with Gasteiger partial charge in [0, 0.05) is 5.39 Å². The number of nitrogens with two attached hydrogens (primary N) is 1. The minimum atomic E-state index is -4.94. The number of halogens is 4. The first-order valence-electron chi connectivity index (χ1n) is 10.3. The molecule has 2 aromatic heterocycles. The molecule has 0 aliphatic carbocycles. The summed E-state index contributed by atoms with van der Waals surface area (Å²) in [5.74, 6) is -2.53. The SMILES string of the molecule is Cc1c(NC(=O)c2cc(C(N)=O)c3ccccc3n2)c(C(F)(F)F)nn1Cc1ccc(F)cc1C#N. The number of pyridine rings is 1. The van der Waals surface area contributed by atoms with Gasteiger partial charge in [0.15, 0.2) is 5.69 Å². The molecule has 2 amide bonds. The third-order valence-electron chi connectivity index (χ3n) is 5.44. The fourth-order valence-electron chi connectivity index (χ4n) is 3.67. The van der Waals surface area contributed by atoms with Crippen LogP contribution in [0.15, 0.2) is 48.5 Å². The summed E-state index contributed by atoms with van der Waals surface area (Å²) in [5.41, 5.74) is 3.42. The normalized spacial score (nSPS) is 11.3. The maximum Gasteiger partial charge on any atom is 0.437 e.